The number of aromatic nitrogens is 1. The highest BCUT2D eigenvalue weighted by atomic mass is 32.2. The molecule has 0 radical (unpaired) electrons. The van der Waals surface area contributed by atoms with Crippen molar-refractivity contribution in [3.8, 4) is 17.2 Å². The number of hydrogen-bond acceptors (Lipinski definition) is 5. The van der Waals surface area contributed by atoms with Crippen LogP contribution < -0.4 is 0 Å². The minimum absolute atomic E-state index is 0.108. The molecule has 0 unspecified atom stereocenters. The van der Waals surface area contributed by atoms with Gasteiger partial charge in [-0.15, -0.1) is 0 Å². The van der Waals surface area contributed by atoms with Crippen LogP contribution in [-0.4, -0.2) is 59.7 Å². The Morgan fingerprint density at radius 2 is 1.92 bits per heavy atom. The maximum atomic E-state index is 12.5. The molecule has 0 atom stereocenters. The zero-order valence-corrected chi connectivity index (χ0v) is 15.9. The van der Waals surface area contributed by atoms with Crippen LogP contribution in [0.3, 0.4) is 0 Å². The number of carbonyl (C=O) groups is 1. The first kappa shape index (κ1) is 18.4. The third-order valence-corrected chi connectivity index (χ3v) is 5.46. The summed E-state index contributed by atoms with van der Waals surface area (Å²) in [6, 6.07) is 14.0. The van der Waals surface area contributed by atoms with Crippen LogP contribution in [0.1, 0.15) is 11.3 Å². The predicted octanol–water partition coefficient (Wildman–Crippen LogP) is 2.79. The van der Waals surface area contributed by atoms with E-state index in [-0.39, 0.29) is 5.91 Å². The molecule has 134 valence electrons. The van der Waals surface area contributed by atoms with E-state index in [2.05, 4.69) is 23.0 Å². The molecule has 3 rings (SSSR count). The minimum atomic E-state index is 0.108. The fourth-order valence-corrected chi connectivity index (χ4v) is 3.93. The zero-order valence-electron chi connectivity index (χ0n) is 15.1. The number of pyridine rings is 1. The first-order chi connectivity index (χ1) is 12.6. The Morgan fingerprint density at radius 3 is 2.58 bits per heavy atom. The van der Waals surface area contributed by atoms with Crippen LogP contribution in [0.5, 0.6) is 0 Å². The Morgan fingerprint density at radius 1 is 1.23 bits per heavy atom. The number of amides is 1. The number of nitriles is 1. The summed E-state index contributed by atoms with van der Waals surface area (Å²) in [4.78, 5) is 21.1. The molecule has 0 saturated carbocycles. The summed E-state index contributed by atoms with van der Waals surface area (Å²) >= 11 is 1.36. The van der Waals surface area contributed by atoms with E-state index in [1.54, 1.807) is 0 Å². The predicted molar refractivity (Wildman–Crippen MR) is 104 cm³/mol. The number of piperazine rings is 1. The molecule has 1 amide bonds. The number of likely N-dealkylation sites (N-methyl/N-ethyl adjacent to an activating group) is 1. The number of rotatable bonds is 4. The molecular weight excluding hydrogens is 344 g/mol. The highest BCUT2D eigenvalue weighted by Crippen LogP contribution is 2.31. The van der Waals surface area contributed by atoms with E-state index in [9.17, 15) is 10.1 Å². The molecule has 1 aliphatic rings. The van der Waals surface area contributed by atoms with Gasteiger partial charge in [0.2, 0.25) is 5.91 Å². The van der Waals surface area contributed by atoms with Crippen LogP contribution in [0, 0.1) is 18.3 Å². The summed E-state index contributed by atoms with van der Waals surface area (Å²) in [6.45, 7) is 5.25. The van der Waals surface area contributed by atoms with Gasteiger partial charge >= 0.3 is 0 Å². The number of nitrogens with zero attached hydrogens (tertiary/aromatic N) is 4. The van der Waals surface area contributed by atoms with E-state index in [0.29, 0.717) is 16.3 Å². The summed E-state index contributed by atoms with van der Waals surface area (Å²) in [7, 11) is 2.07. The Labute approximate surface area is 158 Å². The van der Waals surface area contributed by atoms with Crippen LogP contribution >= 0.6 is 11.8 Å². The highest BCUT2D eigenvalue weighted by molar-refractivity contribution is 8.00. The van der Waals surface area contributed by atoms with Gasteiger partial charge in [-0.2, -0.15) is 5.26 Å². The van der Waals surface area contributed by atoms with Gasteiger partial charge in [0, 0.05) is 37.4 Å². The first-order valence-electron chi connectivity index (χ1n) is 8.65. The van der Waals surface area contributed by atoms with Gasteiger partial charge in [-0.05, 0) is 25.6 Å². The minimum Gasteiger partial charge on any atom is -0.339 e. The molecule has 0 aliphatic carbocycles. The van der Waals surface area contributed by atoms with Gasteiger partial charge < -0.3 is 9.80 Å². The third kappa shape index (κ3) is 4.24. The van der Waals surface area contributed by atoms with Gasteiger partial charge in [0.05, 0.1) is 11.3 Å². The smallest absolute Gasteiger partial charge is 0.233 e. The second kappa shape index (κ2) is 8.35. The van der Waals surface area contributed by atoms with E-state index in [1.807, 2.05) is 48.2 Å². The monoisotopic (exact) mass is 366 g/mol. The molecule has 0 bridgehead atoms. The highest BCUT2D eigenvalue weighted by Gasteiger charge is 2.20. The van der Waals surface area contributed by atoms with Crippen LogP contribution in [-0.2, 0) is 4.79 Å². The van der Waals surface area contributed by atoms with Gasteiger partial charge in [-0.25, -0.2) is 4.98 Å². The van der Waals surface area contributed by atoms with Crippen LogP contribution in [0.4, 0.5) is 0 Å². The standard InChI is InChI=1S/C20H22N4OS/c1-15-12-17(16-6-4-3-5-7-16)18(13-21)20(22-15)26-14-19(25)24-10-8-23(2)9-11-24/h3-7,12H,8-11,14H2,1-2H3. The molecule has 0 N–H and O–H groups in total. The Balaban J connectivity index is 1.79. The lowest BCUT2D eigenvalue weighted by Crippen LogP contribution is -2.47. The first-order valence-corrected chi connectivity index (χ1v) is 9.63. The van der Waals surface area contributed by atoms with Crippen molar-refractivity contribution in [2.24, 2.45) is 0 Å². The summed E-state index contributed by atoms with van der Waals surface area (Å²) in [5.41, 5.74) is 3.24. The number of hydrogen-bond donors (Lipinski definition) is 0. The van der Waals surface area contributed by atoms with Crippen molar-refractivity contribution in [2.75, 3.05) is 39.0 Å². The molecule has 2 heterocycles. The van der Waals surface area contributed by atoms with Crippen molar-refractivity contribution in [3.05, 3.63) is 47.7 Å². The lowest BCUT2D eigenvalue weighted by atomic mass is 10.0. The molecule has 1 saturated heterocycles. The van der Waals surface area contributed by atoms with Crippen molar-refractivity contribution >= 4 is 17.7 Å². The average molecular weight is 366 g/mol. The molecule has 6 heteroatoms. The Kier molecular flexibility index (Phi) is 5.92. The second-order valence-corrected chi connectivity index (χ2v) is 7.41. The van der Waals surface area contributed by atoms with Gasteiger partial charge in [-0.1, -0.05) is 42.1 Å². The fraction of sp³-hybridized carbons (Fsp3) is 0.350. The van der Waals surface area contributed by atoms with Gasteiger partial charge in [-0.3, -0.25) is 4.79 Å². The van der Waals surface area contributed by atoms with E-state index in [1.165, 1.54) is 11.8 Å². The number of aryl methyl sites for hydroxylation is 1. The van der Waals surface area contributed by atoms with Crippen LogP contribution in [0.2, 0.25) is 0 Å². The molecule has 1 fully saturated rings. The molecule has 0 spiro atoms. The van der Waals surface area contributed by atoms with Gasteiger partial charge in [0.25, 0.3) is 0 Å². The van der Waals surface area contributed by atoms with Crippen LogP contribution in [0.15, 0.2) is 41.4 Å². The summed E-state index contributed by atoms with van der Waals surface area (Å²) in [5, 5.41) is 10.3. The summed E-state index contributed by atoms with van der Waals surface area (Å²) in [5.74, 6) is 0.417. The van der Waals surface area contributed by atoms with Crippen LogP contribution in [0.25, 0.3) is 11.1 Å². The Bertz CT molecular complexity index is 824. The van der Waals surface area contributed by atoms with E-state index in [4.69, 9.17) is 0 Å². The van der Waals surface area contributed by atoms with Gasteiger partial charge in [0.15, 0.2) is 0 Å². The average Bonchev–Trinajstić information content (AvgIpc) is 2.67. The SMILES string of the molecule is Cc1cc(-c2ccccc2)c(C#N)c(SCC(=O)N2CCN(C)CC2)n1. The van der Waals surface area contributed by atoms with Crippen molar-refractivity contribution in [1.29, 1.82) is 5.26 Å². The largest absolute Gasteiger partial charge is 0.339 e. The summed E-state index contributed by atoms with van der Waals surface area (Å²) in [6.07, 6.45) is 0. The topological polar surface area (TPSA) is 60.2 Å². The zero-order chi connectivity index (χ0) is 18.5. The quantitative estimate of drug-likeness (QED) is 0.779. The van der Waals surface area contributed by atoms with E-state index in [0.717, 1.165) is 43.0 Å². The fourth-order valence-electron chi connectivity index (χ4n) is 2.98. The maximum absolute atomic E-state index is 12.5. The van der Waals surface area contributed by atoms with E-state index >= 15 is 0 Å². The van der Waals surface area contributed by atoms with E-state index < -0.39 is 0 Å². The number of carbonyl (C=O) groups excluding carboxylic acids is 1. The molecule has 5 nitrogen and oxygen atoms in total. The van der Waals surface area contributed by atoms with Crippen molar-refractivity contribution < 1.29 is 4.79 Å². The summed E-state index contributed by atoms with van der Waals surface area (Å²) < 4.78 is 0. The van der Waals surface area contributed by atoms with Gasteiger partial charge in [0.1, 0.15) is 11.1 Å². The molecule has 1 aromatic heterocycles. The lowest BCUT2D eigenvalue weighted by Gasteiger charge is -2.32. The van der Waals surface area contributed by atoms with Crippen molar-refractivity contribution in [2.45, 2.75) is 11.9 Å². The third-order valence-electron chi connectivity index (χ3n) is 4.50. The number of benzene rings is 1. The molecular formula is C20H22N4OS. The molecule has 2 aromatic rings. The normalized spacial score (nSPS) is 14.9. The Hall–Kier alpha value is -2.36. The maximum Gasteiger partial charge on any atom is 0.233 e. The second-order valence-electron chi connectivity index (χ2n) is 6.44. The van der Waals surface area contributed by atoms with Crippen molar-refractivity contribution in [1.82, 2.24) is 14.8 Å². The lowest BCUT2D eigenvalue weighted by molar-refractivity contribution is -0.129. The molecule has 1 aromatic carbocycles. The molecule has 26 heavy (non-hydrogen) atoms. The van der Waals surface area contributed by atoms with Crippen molar-refractivity contribution in [3.63, 3.8) is 0 Å². The number of thioether (sulfide) groups is 1. The molecule has 1 aliphatic heterocycles.